The number of nitrogens with one attached hydrogen (secondary N) is 1. The van der Waals surface area contributed by atoms with E-state index in [4.69, 9.17) is 4.74 Å². The van der Waals surface area contributed by atoms with Crippen molar-refractivity contribution in [3.05, 3.63) is 42.0 Å². The van der Waals surface area contributed by atoms with Crippen LogP contribution in [0.5, 0.6) is 0 Å². The van der Waals surface area contributed by atoms with E-state index in [1.807, 2.05) is 41.3 Å². The van der Waals surface area contributed by atoms with Crippen LogP contribution < -0.4 is 5.32 Å². The second-order valence-electron chi connectivity index (χ2n) is 6.98. The van der Waals surface area contributed by atoms with Crippen LogP contribution in [0, 0.1) is 0 Å². The van der Waals surface area contributed by atoms with Crippen molar-refractivity contribution in [1.82, 2.24) is 15.1 Å². The number of rotatable bonds is 5. The molecular formula is C21H27N3O4S. The van der Waals surface area contributed by atoms with Crippen molar-refractivity contribution in [3.8, 4) is 0 Å². The number of nitrogens with zero attached hydrogens (tertiary/aromatic N) is 2. The van der Waals surface area contributed by atoms with Gasteiger partial charge in [-0.3, -0.25) is 9.59 Å². The zero-order chi connectivity index (χ0) is 20.7. The Balaban J connectivity index is 1.54. The summed E-state index contributed by atoms with van der Waals surface area (Å²) in [5, 5.41) is 2.60. The average molecular weight is 418 g/mol. The van der Waals surface area contributed by atoms with E-state index in [1.54, 1.807) is 29.7 Å². The SMILES string of the molecule is CCOC(=O)CNC(=O)N1CCC2(CC1)SCCN2C(=O)C=Cc1ccccc1. The molecule has 0 bridgehead atoms. The fourth-order valence-corrected chi connectivity index (χ4v) is 5.15. The van der Waals surface area contributed by atoms with Gasteiger partial charge in [0.05, 0.1) is 11.5 Å². The van der Waals surface area contributed by atoms with Crippen LogP contribution in [0.2, 0.25) is 0 Å². The molecule has 2 saturated heterocycles. The number of esters is 1. The van der Waals surface area contributed by atoms with Crippen LogP contribution in [0.1, 0.15) is 25.3 Å². The van der Waals surface area contributed by atoms with Crippen molar-refractivity contribution >= 4 is 35.7 Å². The Labute approximate surface area is 175 Å². The molecule has 0 aliphatic carbocycles. The Morgan fingerprint density at radius 2 is 1.90 bits per heavy atom. The van der Waals surface area contributed by atoms with Crippen molar-refractivity contribution in [2.24, 2.45) is 0 Å². The molecule has 1 N–H and O–H groups in total. The minimum absolute atomic E-state index is 0.0130. The summed E-state index contributed by atoms with van der Waals surface area (Å²) < 4.78 is 4.82. The lowest BCUT2D eigenvalue weighted by Gasteiger charge is -2.43. The summed E-state index contributed by atoms with van der Waals surface area (Å²) in [4.78, 5) is 39.9. The molecule has 8 heteroatoms. The summed E-state index contributed by atoms with van der Waals surface area (Å²) >= 11 is 1.80. The summed E-state index contributed by atoms with van der Waals surface area (Å²) in [5.41, 5.74) is 0.995. The first kappa shape index (κ1) is 21.2. The molecule has 2 aliphatic heterocycles. The Kier molecular flexibility index (Phi) is 7.19. The molecule has 0 unspecified atom stereocenters. The smallest absolute Gasteiger partial charge is 0.325 e. The second-order valence-corrected chi connectivity index (χ2v) is 8.44. The molecule has 29 heavy (non-hydrogen) atoms. The summed E-state index contributed by atoms with van der Waals surface area (Å²) in [7, 11) is 0. The molecule has 3 amide bonds. The summed E-state index contributed by atoms with van der Waals surface area (Å²) in [6.07, 6.45) is 4.92. The first-order valence-corrected chi connectivity index (χ1v) is 10.9. The molecular weight excluding hydrogens is 390 g/mol. The number of ether oxygens (including phenoxy) is 1. The van der Waals surface area contributed by atoms with Gasteiger partial charge in [0.15, 0.2) is 0 Å². The number of benzene rings is 1. The number of hydrogen-bond donors (Lipinski definition) is 1. The third-order valence-electron chi connectivity index (χ3n) is 5.18. The van der Waals surface area contributed by atoms with Crippen LogP contribution in [0.15, 0.2) is 36.4 Å². The first-order chi connectivity index (χ1) is 14.0. The Bertz CT molecular complexity index is 760. The zero-order valence-corrected chi connectivity index (χ0v) is 17.5. The van der Waals surface area contributed by atoms with Gasteiger partial charge in [0, 0.05) is 31.5 Å². The fourth-order valence-electron chi connectivity index (χ4n) is 3.69. The predicted molar refractivity (Wildman–Crippen MR) is 113 cm³/mol. The molecule has 3 rings (SSSR count). The van der Waals surface area contributed by atoms with Crippen LogP contribution >= 0.6 is 11.8 Å². The zero-order valence-electron chi connectivity index (χ0n) is 16.6. The molecule has 1 aromatic rings. The van der Waals surface area contributed by atoms with E-state index in [2.05, 4.69) is 5.32 Å². The number of hydrogen-bond acceptors (Lipinski definition) is 5. The highest BCUT2D eigenvalue weighted by molar-refractivity contribution is 8.00. The topological polar surface area (TPSA) is 79.0 Å². The third kappa shape index (κ3) is 5.32. The maximum atomic E-state index is 12.8. The molecule has 0 saturated carbocycles. The number of carbonyl (C=O) groups excluding carboxylic acids is 3. The van der Waals surface area contributed by atoms with Crippen LogP contribution in [-0.4, -0.2) is 71.1 Å². The van der Waals surface area contributed by atoms with Crippen molar-refractivity contribution < 1.29 is 19.1 Å². The normalized spacial score (nSPS) is 18.2. The standard InChI is InChI=1S/C21H27N3O4S/c1-2-28-19(26)16-22-20(27)23-12-10-21(11-13-23)24(14-15-29-21)18(25)9-8-17-6-4-3-5-7-17/h3-9H,2,10-16H2,1H3,(H,22,27). The minimum atomic E-state index is -0.442. The Morgan fingerprint density at radius 3 is 2.59 bits per heavy atom. The highest BCUT2D eigenvalue weighted by atomic mass is 32.2. The van der Waals surface area contributed by atoms with Gasteiger partial charge in [-0.05, 0) is 31.4 Å². The van der Waals surface area contributed by atoms with Gasteiger partial charge in [0.1, 0.15) is 6.54 Å². The summed E-state index contributed by atoms with van der Waals surface area (Å²) in [5.74, 6) is 0.474. The lowest BCUT2D eigenvalue weighted by molar-refractivity contribution is -0.141. The van der Waals surface area contributed by atoms with Crippen LogP contribution in [-0.2, 0) is 14.3 Å². The number of amides is 3. The van der Waals surface area contributed by atoms with E-state index in [-0.39, 0.29) is 23.4 Å². The quantitative estimate of drug-likeness (QED) is 0.588. The summed E-state index contributed by atoms with van der Waals surface area (Å²) in [6, 6.07) is 9.50. The van der Waals surface area contributed by atoms with Crippen molar-refractivity contribution in [1.29, 1.82) is 0 Å². The number of carbonyl (C=O) groups is 3. The van der Waals surface area contributed by atoms with Gasteiger partial charge in [0.25, 0.3) is 0 Å². The van der Waals surface area contributed by atoms with Gasteiger partial charge in [0.2, 0.25) is 5.91 Å². The molecule has 0 aromatic heterocycles. The Morgan fingerprint density at radius 1 is 1.17 bits per heavy atom. The van der Waals surface area contributed by atoms with Crippen molar-refractivity contribution in [2.75, 3.05) is 38.5 Å². The van der Waals surface area contributed by atoms with E-state index < -0.39 is 5.97 Å². The first-order valence-electron chi connectivity index (χ1n) is 9.91. The van der Waals surface area contributed by atoms with Gasteiger partial charge in [-0.25, -0.2) is 4.79 Å². The molecule has 2 heterocycles. The van der Waals surface area contributed by atoms with E-state index in [0.717, 1.165) is 30.7 Å². The Hall–Kier alpha value is -2.48. The van der Waals surface area contributed by atoms with Gasteiger partial charge >= 0.3 is 12.0 Å². The molecule has 1 spiro atoms. The molecule has 2 aliphatic rings. The van der Waals surface area contributed by atoms with E-state index in [9.17, 15) is 14.4 Å². The van der Waals surface area contributed by atoms with Crippen molar-refractivity contribution in [2.45, 2.75) is 24.6 Å². The van der Waals surface area contributed by atoms with Crippen LogP contribution in [0.25, 0.3) is 6.08 Å². The number of piperidine rings is 1. The number of likely N-dealkylation sites (tertiary alicyclic amines) is 1. The van der Waals surface area contributed by atoms with Gasteiger partial charge in [-0.2, -0.15) is 0 Å². The number of urea groups is 1. The molecule has 156 valence electrons. The second kappa shape index (κ2) is 9.82. The molecule has 1 aromatic carbocycles. The third-order valence-corrected chi connectivity index (χ3v) is 6.74. The van der Waals surface area contributed by atoms with Gasteiger partial charge in [-0.1, -0.05) is 30.3 Å². The van der Waals surface area contributed by atoms with E-state index in [0.29, 0.717) is 19.7 Å². The highest BCUT2D eigenvalue weighted by Gasteiger charge is 2.46. The maximum absolute atomic E-state index is 12.8. The maximum Gasteiger partial charge on any atom is 0.325 e. The fraction of sp³-hybridized carbons (Fsp3) is 0.476. The lowest BCUT2D eigenvalue weighted by Crippen LogP contribution is -2.55. The monoisotopic (exact) mass is 417 g/mol. The highest BCUT2D eigenvalue weighted by Crippen LogP contribution is 2.44. The molecule has 0 atom stereocenters. The van der Waals surface area contributed by atoms with Gasteiger partial charge < -0.3 is 19.9 Å². The van der Waals surface area contributed by atoms with Gasteiger partial charge in [-0.15, -0.1) is 11.8 Å². The average Bonchev–Trinajstić information content (AvgIpc) is 3.15. The molecule has 2 fully saturated rings. The lowest BCUT2D eigenvalue weighted by atomic mass is 10.0. The van der Waals surface area contributed by atoms with Crippen LogP contribution in [0.3, 0.4) is 0 Å². The van der Waals surface area contributed by atoms with E-state index in [1.165, 1.54) is 0 Å². The molecule has 0 radical (unpaired) electrons. The largest absolute Gasteiger partial charge is 0.465 e. The molecule has 7 nitrogen and oxygen atoms in total. The minimum Gasteiger partial charge on any atom is -0.465 e. The van der Waals surface area contributed by atoms with E-state index >= 15 is 0 Å². The van der Waals surface area contributed by atoms with Crippen LogP contribution in [0.4, 0.5) is 4.79 Å². The van der Waals surface area contributed by atoms with Crippen molar-refractivity contribution in [3.63, 3.8) is 0 Å². The predicted octanol–water partition coefficient (Wildman–Crippen LogP) is 2.34. The number of thioether (sulfide) groups is 1. The summed E-state index contributed by atoms with van der Waals surface area (Å²) in [6.45, 7) is 3.71.